The standard InChI is InChI=1S/C35H44BFN4O6/c1-18(2)13-29(36-46-28-17-21-16-27(34(21,4)5)35(28,6)47-36)38-33(45)30(19(3)42)39-31(43)24-14-20(11-12-25(24)37)15-26-22-9-7-8-10-23(22)32(44)41-40-26/h7-12,14,18-19,21,27-30,42H,13,15-17H2,1-6H3,(H,38,45)(H,39,43)(H,41,44)/t19?,21-,27-,28+,29-,30-,35-/m0/s1. The highest BCUT2D eigenvalue weighted by atomic mass is 19.1. The van der Waals surface area contributed by atoms with Gasteiger partial charge in [-0.15, -0.1) is 0 Å². The molecule has 0 spiro atoms. The largest absolute Gasteiger partial charge is 0.481 e. The summed E-state index contributed by atoms with van der Waals surface area (Å²) in [5.41, 5.74) is 0.235. The monoisotopic (exact) mass is 646 g/mol. The van der Waals surface area contributed by atoms with Crippen LogP contribution in [-0.4, -0.2) is 64.0 Å². The molecule has 2 heterocycles. The van der Waals surface area contributed by atoms with Crippen molar-refractivity contribution in [3.05, 3.63) is 75.5 Å². The first kappa shape index (κ1) is 33.3. The molecule has 250 valence electrons. The minimum absolute atomic E-state index is 0.0670. The minimum Gasteiger partial charge on any atom is -0.404 e. The molecule has 2 aromatic carbocycles. The fourth-order valence-electron chi connectivity index (χ4n) is 8.07. The lowest BCUT2D eigenvalue weighted by molar-refractivity contribution is -0.199. The normalized spacial score (nSPS) is 26.3. The molecular formula is C35H44BFN4O6. The van der Waals surface area contributed by atoms with Crippen LogP contribution in [0.3, 0.4) is 0 Å². The van der Waals surface area contributed by atoms with E-state index in [0.717, 1.165) is 12.8 Å². The number of hydrogen-bond donors (Lipinski definition) is 4. The Hall–Kier alpha value is -3.61. The first-order chi connectivity index (χ1) is 22.2. The van der Waals surface area contributed by atoms with Gasteiger partial charge in [0.15, 0.2) is 0 Å². The molecule has 4 fully saturated rings. The van der Waals surface area contributed by atoms with Gasteiger partial charge in [-0.2, -0.15) is 5.10 Å². The minimum atomic E-state index is -1.36. The zero-order chi connectivity index (χ0) is 33.8. The van der Waals surface area contributed by atoms with Gasteiger partial charge in [0.25, 0.3) is 11.5 Å². The maximum Gasteiger partial charge on any atom is 0.481 e. The summed E-state index contributed by atoms with van der Waals surface area (Å²) in [7, 11) is -0.677. The number of halogens is 1. The number of amides is 2. The number of benzene rings is 2. The van der Waals surface area contributed by atoms with Crippen LogP contribution in [0.4, 0.5) is 4.39 Å². The van der Waals surface area contributed by atoms with Crippen molar-refractivity contribution in [2.75, 3.05) is 0 Å². The van der Waals surface area contributed by atoms with Crippen LogP contribution in [0.15, 0.2) is 47.3 Å². The topological polar surface area (TPSA) is 143 Å². The van der Waals surface area contributed by atoms with E-state index in [1.54, 1.807) is 24.3 Å². The average Bonchev–Trinajstić information content (AvgIpc) is 3.38. The predicted molar refractivity (Wildman–Crippen MR) is 176 cm³/mol. The second-order valence-electron chi connectivity index (χ2n) is 14.8. The van der Waals surface area contributed by atoms with Crippen LogP contribution < -0.4 is 16.2 Å². The summed E-state index contributed by atoms with van der Waals surface area (Å²) in [5, 5.41) is 23.9. The van der Waals surface area contributed by atoms with E-state index < -0.39 is 48.4 Å². The average molecular weight is 647 g/mol. The van der Waals surface area contributed by atoms with E-state index in [1.807, 2.05) is 13.8 Å². The van der Waals surface area contributed by atoms with Crippen LogP contribution in [0, 0.1) is 29.0 Å². The summed E-state index contributed by atoms with van der Waals surface area (Å²) < 4.78 is 28.1. The molecule has 2 amide bonds. The Morgan fingerprint density at radius 3 is 2.51 bits per heavy atom. The third kappa shape index (κ3) is 6.11. The Bertz CT molecular complexity index is 1750. The molecular weight excluding hydrogens is 602 g/mol. The molecule has 1 aliphatic heterocycles. The number of carbonyl (C=O) groups excluding carboxylic acids is 2. The molecule has 7 rings (SSSR count). The van der Waals surface area contributed by atoms with Crippen molar-refractivity contribution in [1.29, 1.82) is 0 Å². The SMILES string of the molecule is CC(C)C[C@H](NC(=O)[C@@H](NC(=O)c1cc(Cc2n[nH]c(=O)c3ccccc23)ccc1F)C(C)O)B1O[C@@H]2C[C@@H]3C[C@@H](C3(C)C)[C@]2(C)O1. The zero-order valence-corrected chi connectivity index (χ0v) is 27.8. The number of hydrogen-bond acceptors (Lipinski definition) is 7. The molecule has 3 aromatic rings. The van der Waals surface area contributed by atoms with E-state index in [2.05, 4.69) is 41.6 Å². The Labute approximate surface area is 274 Å². The fraction of sp³-hybridized carbons (Fsp3) is 0.543. The van der Waals surface area contributed by atoms with E-state index in [4.69, 9.17) is 9.31 Å². The molecule has 12 heteroatoms. The van der Waals surface area contributed by atoms with Gasteiger partial charge in [-0.3, -0.25) is 14.4 Å². The van der Waals surface area contributed by atoms with Gasteiger partial charge >= 0.3 is 7.12 Å². The molecule has 4 N–H and O–H groups in total. The molecule has 3 aliphatic carbocycles. The highest BCUT2D eigenvalue weighted by Gasteiger charge is 2.68. The van der Waals surface area contributed by atoms with Crippen molar-refractivity contribution in [2.24, 2.45) is 23.2 Å². The zero-order valence-electron chi connectivity index (χ0n) is 27.8. The molecule has 10 nitrogen and oxygen atoms in total. The van der Waals surface area contributed by atoms with Crippen molar-refractivity contribution in [3.8, 4) is 0 Å². The predicted octanol–water partition coefficient (Wildman–Crippen LogP) is 3.93. The summed E-state index contributed by atoms with van der Waals surface area (Å²) in [6, 6.07) is 9.76. The summed E-state index contributed by atoms with van der Waals surface area (Å²) in [6.45, 7) is 12.2. The Balaban J connectivity index is 1.17. The van der Waals surface area contributed by atoms with Crippen molar-refractivity contribution >= 4 is 29.7 Å². The van der Waals surface area contributed by atoms with Crippen LogP contribution in [0.2, 0.25) is 0 Å². The molecule has 0 radical (unpaired) electrons. The second kappa shape index (κ2) is 12.4. The van der Waals surface area contributed by atoms with Gasteiger partial charge in [0.05, 0.1) is 40.4 Å². The van der Waals surface area contributed by atoms with Crippen molar-refractivity contribution < 1.29 is 28.4 Å². The number of aliphatic hydroxyl groups excluding tert-OH is 1. The van der Waals surface area contributed by atoms with Gasteiger partial charge < -0.3 is 25.0 Å². The Morgan fingerprint density at radius 1 is 1.11 bits per heavy atom. The third-order valence-corrected chi connectivity index (χ3v) is 10.8. The number of aromatic nitrogens is 2. The lowest BCUT2D eigenvalue weighted by Gasteiger charge is -2.64. The van der Waals surface area contributed by atoms with Gasteiger partial charge in [0.2, 0.25) is 5.91 Å². The highest BCUT2D eigenvalue weighted by molar-refractivity contribution is 6.48. The Morgan fingerprint density at radius 2 is 1.83 bits per heavy atom. The van der Waals surface area contributed by atoms with Gasteiger partial charge in [-0.1, -0.05) is 52.0 Å². The first-order valence-corrected chi connectivity index (χ1v) is 16.6. The number of carbonyl (C=O) groups is 2. The Kier molecular flexibility index (Phi) is 8.82. The number of fused-ring (bicyclic) bond motifs is 1. The molecule has 1 aromatic heterocycles. The maximum atomic E-state index is 15.0. The van der Waals surface area contributed by atoms with Crippen LogP contribution >= 0.6 is 0 Å². The first-order valence-electron chi connectivity index (χ1n) is 16.6. The molecule has 1 unspecified atom stereocenters. The number of nitrogens with one attached hydrogen (secondary N) is 3. The summed E-state index contributed by atoms with van der Waals surface area (Å²) in [5.74, 6) is -1.64. The third-order valence-electron chi connectivity index (χ3n) is 10.8. The molecule has 3 saturated carbocycles. The number of aliphatic hydroxyl groups is 1. The molecule has 4 aliphatic rings. The van der Waals surface area contributed by atoms with E-state index in [9.17, 15) is 19.5 Å². The maximum absolute atomic E-state index is 15.0. The molecule has 1 saturated heterocycles. The van der Waals surface area contributed by atoms with Crippen molar-refractivity contribution in [3.63, 3.8) is 0 Å². The van der Waals surface area contributed by atoms with Crippen LogP contribution in [0.1, 0.15) is 82.4 Å². The summed E-state index contributed by atoms with van der Waals surface area (Å²) >= 11 is 0. The van der Waals surface area contributed by atoms with Crippen LogP contribution in [0.25, 0.3) is 10.8 Å². The molecule has 2 bridgehead atoms. The van der Waals surface area contributed by atoms with Crippen molar-refractivity contribution in [1.82, 2.24) is 20.8 Å². The lowest BCUT2D eigenvalue weighted by Crippen LogP contribution is -2.65. The van der Waals surface area contributed by atoms with Gasteiger partial charge in [-0.05, 0) is 80.0 Å². The quantitative estimate of drug-likeness (QED) is 0.245. The molecule has 47 heavy (non-hydrogen) atoms. The second-order valence-corrected chi connectivity index (χ2v) is 14.8. The highest BCUT2D eigenvalue weighted by Crippen LogP contribution is 2.65. The number of H-pyrrole nitrogens is 1. The fourth-order valence-corrected chi connectivity index (χ4v) is 8.07. The van der Waals surface area contributed by atoms with Gasteiger partial charge in [0.1, 0.15) is 11.9 Å². The van der Waals surface area contributed by atoms with Crippen LogP contribution in [-0.2, 0) is 20.5 Å². The molecule has 7 atom stereocenters. The van der Waals surface area contributed by atoms with E-state index in [1.165, 1.54) is 25.1 Å². The van der Waals surface area contributed by atoms with E-state index in [-0.39, 0.29) is 35.0 Å². The smallest absolute Gasteiger partial charge is 0.404 e. The van der Waals surface area contributed by atoms with Gasteiger partial charge in [-0.25, -0.2) is 9.49 Å². The lowest BCUT2D eigenvalue weighted by atomic mass is 9.43. The van der Waals surface area contributed by atoms with E-state index >= 15 is 4.39 Å². The van der Waals surface area contributed by atoms with Crippen molar-refractivity contribution in [2.45, 2.75) is 97.0 Å². The summed E-state index contributed by atoms with van der Waals surface area (Å²) in [6.07, 6.45) is 1.44. The van der Waals surface area contributed by atoms with E-state index in [0.29, 0.717) is 40.3 Å². The van der Waals surface area contributed by atoms with Gasteiger partial charge in [0, 0.05) is 11.8 Å². The number of rotatable bonds is 10. The number of nitrogens with zero attached hydrogens (tertiary/aromatic N) is 1. The van der Waals surface area contributed by atoms with Crippen LogP contribution in [0.5, 0.6) is 0 Å². The number of aromatic amines is 1. The summed E-state index contributed by atoms with van der Waals surface area (Å²) in [4.78, 5) is 39.3.